The van der Waals surface area contributed by atoms with E-state index in [0.717, 1.165) is 23.7 Å². The molecule has 1 aliphatic heterocycles. The van der Waals surface area contributed by atoms with E-state index in [9.17, 15) is 9.59 Å². The Kier molecular flexibility index (Phi) is 4.72. The van der Waals surface area contributed by atoms with Crippen molar-refractivity contribution in [2.75, 3.05) is 12.3 Å². The quantitative estimate of drug-likeness (QED) is 0.635. The molecule has 1 N–H and O–H groups in total. The summed E-state index contributed by atoms with van der Waals surface area (Å²) in [6.07, 6.45) is 4.43. The van der Waals surface area contributed by atoms with Crippen molar-refractivity contribution < 1.29 is 9.59 Å². The van der Waals surface area contributed by atoms with E-state index >= 15 is 0 Å². The summed E-state index contributed by atoms with van der Waals surface area (Å²) in [5.41, 5.74) is 2.78. The van der Waals surface area contributed by atoms with Crippen molar-refractivity contribution in [1.29, 1.82) is 0 Å². The van der Waals surface area contributed by atoms with Gasteiger partial charge in [-0.3, -0.25) is 14.3 Å². The van der Waals surface area contributed by atoms with E-state index in [1.54, 1.807) is 25.6 Å². The van der Waals surface area contributed by atoms with Gasteiger partial charge in [-0.25, -0.2) is 9.78 Å². The smallest absolute Gasteiger partial charge is 0.324 e. The number of hydrogen-bond donors (Lipinski definition) is 1. The van der Waals surface area contributed by atoms with Crippen LogP contribution in [-0.2, 0) is 17.6 Å². The molecule has 7 heteroatoms. The highest BCUT2D eigenvalue weighted by Crippen LogP contribution is 2.31. The maximum atomic E-state index is 12.3. The van der Waals surface area contributed by atoms with Gasteiger partial charge in [0.05, 0.1) is 5.69 Å². The van der Waals surface area contributed by atoms with Crippen LogP contribution in [0, 0.1) is 0 Å². The van der Waals surface area contributed by atoms with Gasteiger partial charge in [-0.1, -0.05) is 30.0 Å². The van der Waals surface area contributed by atoms with E-state index in [-0.39, 0.29) is 11.9 Å². The average molecular weight is 385 g/mol. The minimum absolute atomic E-state index is 0.168. The van der Waals surface area contributed by atoms with Crippen molar-refractivity contribution in [2.24, 2.45) is 0 Å². The lowest BCUT2D eigenvalue weighted by atomic mass is 10.0. The van der Waals surface area contributed by atoms with Crippen LogP contribution < -0.4 is 5.32 Å². The van der Waals surface area contributed by atoms with Gasteiger partial charge in [-0.15, -0.1) is 0 Å². The van der Waals surface area contributed by atoms with Crippen LogP contribution in [0.15, 0.2) is 35.5 Å². The number of carbonyl (C=O) groups is 2. The minimum Gasteiger partial charge on any atom is -0.324 e. The van der Waals surface area contributed by atoms with Gasteiger partial charge in [0.25, 0.3) is 5.91 Å². The standard InChI is InChI=1S/C20H24N4O2S/c1-20(2)17(25)23(18(26)22-20)12-13-27-19-21-15-10-6-7-11-16(15)24(19)14-8-4-3-5-9-14/h3-5,8-9H,6-7,10-13H2,1-2H3,(H,22,26). The van der Waals surface area contributed by atoms with Crippen LogP contribution in [0.1, 0.15) is 38.1 Å². The average Bonchev–Trinajstić information content (AvgIpc) is 3.11. The Labute approximate surface area is 163 Å². The zero-order valence-electron chi connectivity index (χ0n) is 15.7. The highest BCUT2D eigenvalue weighted by atomic mass is 32.2. The van der Waals surface area contributed by atoms with Crippen LogP contribution >= 0.6 is 11.8 Å². The number of amides is 3. The first kappa shape index (κ1) is 18.1. The third kappa shape index (κ3) is 3.36. The van der Waals surface area contributed by atoms with Crippen molar-refractivity contribution in [1.82, 2.24) is 19.8 Å². The molecule has 27 heavy (non-hydrogen) atoms. The molecule has 4 rings (SSSR count). The Balaban J connectivity index is 1.54. The van der Waals surface area contributed by atoms with E-state index in [1.165, 1.54) is 29.1 Å². The molecule has 2 aliphatic rings. The second kappa shape index (κ2) is 7.03. The fourth-order valence-corrected chi connectivity index (χ4v) is 4.68. The summed E-state index contributed by atoms with van der Waals surface area (Å²) in [7, 11) is 0. The van der Waals surface area contributed by atoms with Gasteiger partial charge in [0, 0.05) is 23.7 Å². The van der Waals surface area contributed by atoms with Crippen molar-refractivity contribution >= 4 is 23.7 Å². The van der Waals surface area contributed by atoms with Gasteiger partial charge in [0.1, 0.15) is 5.54 Å². The minimum atomic E-state index is -0.816. The topological polar surface area (TPSA) is 67.2 Å². The zero-order valence-corrected chi connectivity index (χ0v) is 16.5. The van der Waals surface area contributed by atoms with Crippen molar-refractivity contribution in [3.8, 4) is 5.69 Å². The number of thioether (sulfide) groups is 1. The molecule has 0 unspecified atom stereocenters. The monoisotopic (exact) mass is 384 g/mol. The fraction of sp³-hybridized carbons (Fsp3) is 0.450. The van der Waals surface area contributed by atoms with Gasteiger partial charge >= 0.3 is 6.03 Å². The molecule has 1 saturated heterocycles. The number of imide groups is 1. The summed E-state index contributed by atoms with van der Waals surface area (Å²) in [5.74, 6) is 0.455. The Hall–Kier alpha value is -2.28. The number of fused-ring (bicyclic) bond motifs is 1. The Morgan fingerprint density at radius 2 is 1.89 bits per heavy atom. The van der Waals surface area contributed by atoms with Gasteiger partial charge in [0.15, 0.2) is 5.16 Å². The maximum absolute atomic E-state index is 12.3. The number of nitrogens with one attached hydrogen (secondary N) is 1. The lowest BCUT2D eigenvalue weighted by Gasteiger charge is -2.16. The summed E-state index contributed by atoms with van der Waals surface area (Å²) in [6.45, 7) is 3.85. The number of hydrogen-bond acceptors (Lipinski definition) is 4. The van der Waals surface area contributed by atoms with E-state index < -0.39 is 5.54 Å². The van der Waals surface area contributed by atoms with Crippen molar-refractivity contribution in [3.05, 3.63) is 41.7 Å². The first-order valence-corrected chi connectivity index (χ1v) is 10.4. The third-order valence-corrected chi connectivity index (χ3v) is 6.03. The predicted octanol–water partition coefficient (Wildman–Crippen LogP) is 3.17. The number of nitrogens with zero attached hydrogens (tertiary/aromatic N) is 3. The molecular formula is C20H24N4O2S. The molecule has 3 amide bonds. The first-order chi connectivity index (χ1) is 13.0. The number of para-hydroxylation sites is 1. The molecule has 6 nitrogen and oxygen atoms in total. The SMILES string of the molecule is CC1(C)NC(=O)N(CCSc2nc3c(n2-c2ccccc2)CCCC3)C1=O. The molecule has 0 radical (unpaired) electrons. The second-order valence-electron chi connectivity index (χ2n) is 7.53. The largest absolute Gasteiger partial charge is 0.325 e. The summed E-state index contributed by atoms with van der Waals surface area (Å²) in [4.78, 5) is 30.6. The molecule has 1 aliphatic carbocycles. The van der Waals surface area contributed by atoms with Gasteiger partial charge in [-0.2, -0.15) is 0 Å². The Morgan fingerprint density at radius 3 is 2.59 bits per heavy atom. The van der Waals surface area contributed by atoms with E-state index in [2.05, 4.69) is 22.0 Å². The number of urea groups is 1. The maximum Gasteiger partial charge on any atom is 0.325 e. The van der Waals surface area contributed by atoms with E-state index in [4.69, 9.17) is 4.98 Å². The summed E-state index contributed by atoms with van der Waals surface area (Å²) < 4.78 is 2.25. The molecule has 0 spiro atoms. The fourth-order valence-electron chi connectivity index (χ4n) is 3.71. The Bertz CT molecular complexity index is 876. The molecule has 1 fully saturated rings. The van der Waals surface area contributed by atoms with Crippen molar-refractivity contribution in [2.45, 2.75) is 50.2 Å². The second-order valence-corrected chi connectivity index (χ2v) is 8.59. The predicted molar refractivity (Wildman–Crippen MR) is 105 cm³/mol. The van der Waals surface area contributed by atoms with Gasteiger partial charge < -0.3 is 5.32 Å². The molecule has 1 aromatic heterocycles. The van der Waals surface area contributed by atoms with E-state index in [0.29, 0.717) is 12.3 Å². The molecule has 2 aromatic rings. The molecule has 0 atom stereocenters. The van der Waals surface area contributed by atoms with Crippen LogP contribution in [0.3, 0.4) is 0 Å². The summed E-state index contributed by atoms with van der Waals surface area (Å²) >= 11 is 1.60. The lowest BCUT2D eigenvalue weighted by Crippen LogP contribution is -2.40. The molecule has 2 heterocycles. The highest BCUT2D eigenvalue weighted by Gasteiger charge is 2.43. The van der Waals surface area contributed by atoms with Crippen LogP contribution in [0.2, 0.25) is 0 Å². The number of imidazole rings is 1. The van der Waals surface area contributed by atoms with Crippen LogP contribution in [0.25, 0.3) is 5.69 Å². The van der Waals surface area contributed by atoms with E-state index in [1.807, 2.05) is 18.2 Å². The number of aryl methyl sites for hydroxylation is 1. The van der Waals surface area contributed by atoms with Gasteiger partial charge in [-0.05, 0) is 51.7 Å². The summed E-state index contributed by atoms with van der Waals surface area (Å²) in [5, 5.41) is 3.67. The number of carbonyl (C=O) groups excluding carboxylic acids is 2. The zero-order chi connectivity index (χ0) is 19.0. The first-order valence-electron chi connectivity index (χ1n) is 9.40. The third-order valence-electron chi connectivity index (χ3n) is 5.11. The van der Waals surface area contributed by atoms with Crippen LogP contribution in [-0.4, -0.2) is 44.2 Å². The molecule has 0 bridgehead atoms. The van der Waals surface area contributed by atoms with Crippen LogP contribution in [0.4, 0.5) is 4.79 Å². The number of rotatable bonds is 5. The number of benzene rings is 1. The summed E-state index contributed by atoms with van der Waals surface area (Å²) in [6, 6.07) is 9.97. The molecular weight excluding hydrogens is 360 g/mol. The number of aromatic nitrogens is 2. The highest BCUT2D eigenvalue weighted by molar-refractivity contribution is 7.99. The normalized spacial score (nSPS) is 18.5. The molecule has 0 saturated carbocycles. The lowest BCUT2D eigenvalue weighted by molar-refractivity contribution is -0.130. The van der Waals surface area contributed by atoms with Gasteiger partial charge in [0.2, 0.25) is 0 Å². The van der Waals surface area contributed by atoms with Crippen LogP contribution in [0.5, 0.6) is 0 Å². The Morgan fingerprint density at radius 1 is 1.15 bits per heavy atom. The molecule has 142 valence electrons. The molecule has 1 aromatic carbocycles. The van der Waals surface area contributed by atoms with Crippen molar-refractivity contribution in [3.63, 3.8) is 0 Å².